The number of aliphatic hydroxyl groups is 1. The minimum Gasteiger partial charge on any atom is -0.495 e. The molecule has 2 atom stereocenters. The van der Waals surface area contributed by atoms with Crippen LogP contribution in [0, 0.1) is 11.3 Å². The summed E-state index contributed by atoms with van der Waals surface area (Å²) in [7, 11) is 2.75. The van der Waals surface area contributed by atoms with Gasteiger partial charge < -0.3 is 14.6 Å². The zero-order chi connectivity index (χ0) is 9.90. The monoisotopic (exact) mass is 182 g/mol. The van der Waals surface area contributed by atoms with Gasteiger partial charge in [-0.25, -0.2) is 0 Å². The van der Waals surface area contributed by atoms with Gasteiger partial charge in [-0.05, 0) is 0 Å². The highest BCUT2D eigenvalue weighted by Crippen LogP contribution is 2.21. The largest absolute Gasteiger partial charge is 0.495 e. The molecular formula is C8H10N2O3. The van der Waals surface area contributed by atoms with Gasteiger partial charge in [0.25, 0.3) is 0 Å². The summed E-state index contributed by atoms with van der Waals surface area (Å²) < 4.78 is 9.62. The molecule has 70 valence electrons. The molecular weight excluding hydrogens is 172 g/mol. The highest BCUT2D eigenvalue weighted by atomic mass is 16.6. The average molecular weight is 182 g/mol. The molecule has 1 N–H and O–H groups in total. The van der Waals surface area contributed by atoms with Gasteiger partial charge in [-0.1, -0.05) is 0 Å². The van der Waals surface area contributed by atoms with E-state index in [2.05, 4.69) is 4.99 Å². The Morgan fingerprint density at radius 1 is 1.69 bits per heavy atom. The van der Waals surface area contributed by atoms with Crippen molar-refractivity contribution in [1.82, 2.24) is 0 Å². The molecule has 1 aliphatic heterocycles. The number of ether oxygens (including phenoxy) is 2. The van der Waals surface area contributed by atoms with Gasteiger partial charge in [0.1, 0.15) is 5.76 Å². The highest BCUT2D eigenvalue weighted by Gasteiger charge is 2.37. The molecule has 5 heteroatoms. The number of nitrogens with zero attached hydrogens (tertiary/aromatic N) is 2. The summed E-state index contributed by atoms with van der Waals surface area (Å²) in [5.74, 6) is -1.31. The second kappa shape index (κ2) is 3.56. The predicted molar refractivity (Wildman–Crippen MR) is 44.9 cm³/mol. The fraction of sp³-hybridized carbons (Fsp3) is 0.500. The van der Waals surface area contributed by atoms with Crippen LogP contribution in [0.25, 0.3) is 0 Å². The second-order valence-corrected chi connectivity index (χ2v) is 2.52. The third-order valence-corrected chi connectivity index (χ3v) is 1.78. The highest BCUT2D eigenvalue weighted by molar-refractivity contribution is 5.78. The number of aliphatic imine (C=N–C) groups is 1. The van der Waals surface area contributed by atoms with E-state index in [1.807, 2.05) is 6.07 Å². The Morgan fingerprint density at radius 2 is 2.38 bits per heavy atom. The number of dihydropyridines is 1. The van der Waals surface area contributed by atoms with E-state index in [9.17, 15) is 5.11 Å². The molecule has 1 aliphatic rings. The number of hydrogen-bond donors (Lipinski definition) is 1. The normalized spacial score (nSPS) is 32.2. The van der Waals surface area contributed by atoms with Crippen molar-refractivity contribution in [3.05, 3.63) is 11.8 Å². The minimum absolute atomic E-state index is 0.371. The summed E-state index contributed by atoms with van der Waals surface area (Å²) in [6, 6.07) is 0.869. The summed E-state index contributed by atoms with van der Waals surface area (Å²) >= 11 is 0. The van der Waals surface area contributed by atoms with Crippen LogP contribution in [0.3, 0.4) is 0 Å². The zero-order valence-corrected chi connectivity index (χ0v) is 7.39. The third-order valence-electron chi connectivity index (χ3n) is 1.78. The Balaban J connectivity index is 2.97. The Labute approximate surface area is 75.9 Å². The van der Waals surface area contributed by atoms with Crippen LogP contribution in [0.5, 0.6) is 0 Å². The van der Waals surface area contributed by atoms with Crippen LogP contribution in [0.2, 0.25) is 0 Å². The standard InChI is InChI=1S/C8H10N2O3/c1-12-6-3-8(11,13-2)7(4-9)10-5-6/h3,5,7,11H,1-2H3. The Morgan fingerprint density at radius 3 is 2.85 bits per heavy atom. The van der Waals surface area contributed by atoms with Crippen LogP contribution in [0.15, 0.2) is 16.8 Å². The molecule has 1 heterocycles. The van der Waals surface area contributed by atoms with Crippen LogP contribution in [0.4, 0.5) is 0 Å². The van der Waals surface area contributed by atoms with Crippen LogP contribution >= 0.6 is 0 Å². The molecule has 0 bridgehead atoms. The molecule has 5 nitrogen and oxygen atoms in total. The topological polar surface area (TPSA) is 74.8 Å². The van der Waals surface area contributed by atoms with Gasteiger partial charge in [-0.15, -0.1) is 0 Å². The Kier molecular flexibility index (Phi) is 2.66. The Hall–Kier alpha value is -1.38. The molecule has 0 fully saturated rings. The van der Waals surface area contributed by atoms with E-state index in [-0.39, 0.29) is 0 Å². The lowest BCUT2D eigenvalue weighted by Crippen LogP contribution is -2.42. The smallest absolute Gasteiger partial charge is 0.226 e. The molecule has 13 heavy (non-hydrogen) atoms. The lowest BCUT2D eigenvalue weighted by molar-refractivity contribution is -0.152. The van der Waals surface area contributed by atoms with E-state index in [1.54, 1.807) is 0 Å². The van der Waals surface area contributed by atoms with Gasteiger partial charge in [0.15, 0.2) is 6.04 Å². The molecule has 0 aliphatic carbocycles. The van der Waals surface area contributed by atoms with Gasteiger partial charge >= 0.3 is 0 Å². The van der Waals surface area contributed by atoms with Crippen LogP contribution in [-0.4, -0.2) is 37.4 Å². The van der Waals surface area contributed by atoms with Crippen LogP contribution in [0.1, 0.15) is 0 Å². The predicted octanol–water partition coefficient (Wildman–Crippen LogP) is -0.172. The van der Waals surface area contributed by atoms with E-state index in [4.69, 9.17) is 14.7 Å². The number of methoxy groups -OCH3 is 2. The molecule has 0 aromatic heterocycles. The summed E-state index contributed by atoms with van der Waals surface area (Å²) in [4.78, 5) is 3.77. The van der Waals surface area contributed by atoms with Crippen molar-refractivity contribution in [2.75, 3.05) is 14.2 Å². The van der Waals surface area contributed by atoms with Gasteiger partial charge in [-0.3, -0.25) is 4.99 Å². The molecule has 0 aromatic carbocycles. The maximum atomic E-state index is 9.73. The fourth-order valence-electron chi connectivity index (χ4n) is 0.983. The van der Waals surface area contributed by atoms with Crippen molar-refractivity contribution in [1.29, 1.82) is 5.26 Å². The number of nitriles is 1. The van der Waals surface area contributed by atoms with Gasteiger partial charge in [-0.2, -0.15) is 5.26 Å². The average Bonchev–Trinajstić information content (AvgIpc) is 2.17. The molecule has 0 radical (unpaired) electrons. The summed E-state index contributed by atoms with van der Waals surface area (Å²) in [6.45, 7) is 0. The van der Waals surface area contributed by atoms with Crippen molar-refractivity contribution in [2.45, 2.75) is 11.8 Å². The third kappa shape index (κ3) is 1.69. The molecule has 1 rings (SSSR count). The first kappa shape index (κ1) is 9.71. The fourth-order valence-corrected chi connectivity index (χ4v) is 0.983. The lowest BCUT2D eigenvalue weighted by atomic mass is 10.1. The first-order chi connectivity index (χ1) is 6.16. The molecule has 0 spiro atoms. The van der Waals surface area contributed by atoms with Crippen molar-refractivity contribution >= 4 is 6.21 Å². The van der Waals surface area contributed by atoms with Gasteiger partial charge in [0.2, 0.25) is 5.79 Å². The second-order valence-electron chi connectivity index (χ2n) is 2.52. The number of rotatable bonds is 2. The molecule has 0 saturated heterocycles. The Bertz CT molecular complexity index is 292. The van der Waals surface area contributed by atoms with Crippen molar-refractivity contribution in [3.63, 3.8) is 0 Å². The van der Waals surface area contributed by atoms with E-state index in [1.165, 1.54) is 26.5 Å². The number of hydrogen-bond acceptors (Lipinski definition) is 5. The minimum atomic E-state index is -1.69. The van der Waals surface area contributed by atoms with E-state index >= 15 is 0 Å². The molecule has 0 amide bonds. The van der Waals surface area contributed by atoms with Gasteiger partial charge in [0.05, 0.1) is 19.4 Å². The van der Waals surface area contributed by atoms with Gasteiger partial charge in [0, 0.05) is 13.2 Å². The summed E-state index contributed by atoms with van der Waals surface area (Å²) in [5.41, 5.74) is 0. The quantitative estimate of drug-likeness (QED) is 0.601. The first-order valence-electron chi connectivity index (χ1n) is 3.63. The van der Waals surface area contributed by atoms with Crippen LogP contribution in [-0.2, 0) is 9.47 Å². The molecule has 0 aromatic rings. The first-order valence-corrected chi connectivity index (χ1v) is 3.63. The van der Waals surface area contributed by atoms with E-state index in [0.717, 1.165) is 0 Å². The van der Waals surface area contributed by atoms with Crippen LogP contribution < -0.4 is 0 Å². The SMILES string of the molecule is COC1=CC(O)(OC)C(C#N)N=C1. The van der Waals surface area contributed by atoms with Crippen molar-refractivity contribution in [2.24, 2.45) is 4.99 Å². The van der Waals surface area contributed by atoms with E-state index in [0.29, 0.717) is 5.76 Å². The summed E-state index contributed by atoms with van der Waals surface area (Å²) in [6.07, 6.45) is 2.69. The maximum absolute atomic E-state index is 9.73. The molecule has 0 saturated carbocycles. The van der Waals surface area contributed by atoms with Crippen molar-refractivity contribution in [3.8, 4) is 6.07 Å². The number of allylic oxidation sites excluding steroid dienone is 1. The maximum Gasteiger partial charge on any atom is 0.226 e. The zero-order valence-electron chi connectivity index (χ0n) is 7.39. The van der Waals surface area contributed by atoms with Crippen molar-refractivity contribution < 1.29 is 14.6 Å². The lowest BCUT2D eigenvalue weighted by Gasteiger charge is -2.27. The molecule has 2 unspecified atom stereocenters. The summed E-state index contributed by atoms with van der Waals surface area (Å²) in [5, 5.41) is 18.4. The van der Waals surface area contributed by atoms with E-state index < -0.39 is 11.8 Å².